The molecule has 0 aliphatic carbocycles. The maximum atomic E-state index is 13.9. The number of benzene rings is 5. The molecule has 0 saturated heterocycles. The summed E-state index contributed by atoms with van der Waals surface area (Å²) in [5.74, 6) is -1.66. The van der Waals surface area contributed by atoms with Crippen molar-refractivity contribution in [2.24, 2.45) is 0 Å². The number of amides is 6. The summed E-state index contributed by atoms with van der Waals surface area (Å²) < 4.78 is 0. The standard InChI is InChI=1S/C51H47Cl2N5O8/c52-27-33-29-57(40-25-42(59)35-8-3-5-10-37(35)50(33)40)48(65)17-14-31-13-15-32(16-18-49(66)58-30-34(28-53)51-38-11-6-4-9-36(38)43(60)26-41(51)58)39(24-31)55-45(62)21-22-54-44(61)12-2-1-7-23-56-46(63)19-20-47(56)64/h3-6,8-11,13-20,24-26,33-34,59-60H,1-2,7,12,21-23,27-30H2,(H,54,61)(H,55,62)/b17-14+,18-16+/t33-,34-/m1/s1. The van der Waals surface area contributed by atoms with Crippen LogP contribution in [0.1, 0.15) is 66.2 Å². The lowest BCUT2D eigenvalue weighted by molar-refractivity contribution is -0.137. The highest BCUT2D eigenvalue weighted by Crippen LogP contribution is 2.46. The Kier molecular flexibility index (Phi) is 13.9. The highest BCUT2D eigenvalue weighted by atomic mass is 35.5. The van der Waals surface area contributed by atoms with E-state index in [2.05, 4.69) is 10.6 Å². The van der Waals surface area contributed by atoms with Crippen LogP contribution in [0.3, 0.4) is 0 Å². The molecule has 6 amide bonds. The van der Waals surface area contributed by atoms with Crippen LogP contribution in [-0.4, -0.2) is 88.5 Å². The molecule has 0 radical (unpaired) electrons. The monoisotopic (exact) mass is 927 g/mol. The summed E-state index contributed by atoms with van der Waals surface area (Å²) in [6.07, 6.45) is 10.4. The number of phenolic OH excluding ortho intramolecular Hbond substituents is 2. The number of hydrogen-bond acceptors (Lipinski definition) is 8. The molecule has 0 spiro atoms. The molecule has 2 atom stereocenters. The number of unbranched alkanes of at least 4 members (excludes halogenated alkanes) is 2. The molecular weight excluding hydrogens is 881 g/mol. The van der Waals surface area contributed by atoms with E-state index in [1.165, 1.54) is 29.2 Å². The number of halogens is 2. The molecule has 66 heavy (non-hydrogen) atoms. The number of hydrogen-bond donors (Lipinski definition) is 4. The van der Waals surface area contributed by atoms with Gasteiger partial charge in [-0.15, -0.1) is 23.2 Å². The van der Waals surface area contributed by atoms with Crippen LogP contribution in [0.2, 0.25) is 0 Å². The second-order valence-corrected chi connectivity index (χ2v) is 17.1. The normalized spacial score (nSPS) is 16.6. The third-order valence-electron chi connectivity index (χ3n) is 12.2. The first-order valence-corrected chi connectivity index (χ1v) is 22.9. The van der Waals surface area contributed by atoms with Crippen LogP contribution >= 0.6 is 23.2 Å². The molecular formula is C51H47Cl2N5O8. The van der Waals surface area contributed by atoms with Crippen molar-refractivity contribution in [2.45, 2.75) is 43.9 Å². The van der Waals surface area contributed by atoms with E-state index >= 15 is 0 Å². The zero-order valence-electron chi connectivity index (χ0n) is 35.8. The maximum absolute atomic E-state index is 13.9. The smallest absolute Gasteiger partial charge is 0.253 e. The molecule has 13 nitrogen and oxygen atoms in total. The van der Waals surface area contributed by atoms with E-state index in [9.17, 15) is 39.0 Å². The third kappa shape index (κ3) is 9.54. The molecule has 3 aliphatic rings. The molecule has 0 unspecified atom stereocenters. The minimum absolute atomic E-state index is 0.0486. The minimum atomic E-state index is -0.407. The van der Waals surface area contributed by atoms with Gasteiger partial charge in [-0.05, 0) is 64.1 Å². The molecule has 5 aromatic carbocycles. The molecule has 0 fully saturated rings. The largest absolute Gasteiger partial charge is 0.507 e. The first-order valence-electron chi connectivity index (χ1n) is 21.8. The summed E-state index contributed by atoms with van der Waals surface area (Å²) >= 11 is 12.8. The van der Waals surface area contributed by atoms with Crippen molar-refractivity contribution in [3.05, 3.63) is 125 Å². The van der Waals surface area contributed by atoms with E-state index in [4.69, 9.17) is 23.2 Å². The predicted octanol–water partition coefficient (Wildman–Crippen LogP) is 8.10. The summed E-state index contributed by atoms with van der Waals surface area (Å²) in [5.41, 5.74) is 4.36. The van der Waals surface area contributed by atoms with E-state index in [0.717, 1.165) is 21.9 Å². The lowest BCUT2D eigenvalue weighted by atomic mass is 9.95. The van der Waals surface area contributed by atoms with Gasteiger partial charge in [0.05, 0.1) is 11.4 Å². The minimum Gasteiger partial charge on any atom is -0.507 e. The van der Waals surface area contributed by atoms with Gasteiger partial charge in [0.25, 0.3) is 23.6 Å². The Morgan fingerprint density at radius 2 is 1.20 bits per heavy atom. The first kappa shape index (κ1) is 45.6. The van der Waals surface area contributed by atoms with Gasteiger partial charge >= 0.3 is 0 Å². The number of fused-ring (bicyclic) bond motifs is 6. The number of carbonyl (C=O) groups excluding carboxylic acids is 6. The van der Waals surface area contributed by atoms with Gasteiger partial charge in [0.1, 0.15) is 11.5 Å². The highest BCUT2D eigenvalue weighted by molar-refractivity contribution is 6.20. The number of rotatable bonds is 16. The van der Waals surface area contributed by atoms with Crippen molar-refractivity contribution >= 4 is 109 Å². The van der Waals surface area contributed by atoms with Gasteiger partial charge in [0.2, 0.25) is 11.8 Å². The molecule has 338 valence electrons. The molecule has 3 heterocycles. The number of phenols is 2. The van der Waals surface area contributed by atoms with E-state index in [1.54, 1.807) is 52.3 Å². The molecule has 8 rings (SSSR count). The average Bonchev–Trinajstić information content (AvgIpc) is 3.99. The number of nitrogens with one attached hydrogen (secondary N) is 2. The molecule has 15 heteroatoms. The summed E-state index contributed by atoms with van der Waals surface area (Å²) in [5, 5.41) is 30.4. The average molecular weight is 929 g/mol. The van der Waals surface area contributed by atoms with Crippen LogP contribution in [0.5, 0.6) is 11.5 Å². The third-order valence-corrected chi connectivity index (χ3v) is 13.0. The highest BCUT2D eigenvalue weighted by Gasteiger charge is 2.35. The summed E-state index contributed by atoms with van der Waals surface area (Å²) in [6.45, 7) is 0.992. The molecule has 3 aliphatic heterocycles. The number of alkyl halides is 2. The van der Waals surface area contributed by atoms with E-state index < -0.39 is 5.91 Å². The van der Waals surface area contributed by atoms with E-state index in [-0.39, 0.29) is 84.0 Å². The number of imide groups is 1. The zero-order valence-corrected chi connectivity index (χ0v) is 37.4. The number of carbonyl (C=O) groups is 6. The first-order chi connectivity index (χ1) is 31.9. The van der Waals surface area contributed by atoms with Crippen molar-refractivity contribution in [1.82, 2.24) is 10.2 Å². The van der Waals surface area contributed by atoms with Gasteiger partial charge in [-0.25, -0.2) is 0 Å². The Hall–Kier alpha value is -6.96. The van der Waals surface area contributed by atoms with Crippen LogP contribution < -0.4 is 20.4 Å². The van der Waals surface area contributed by atoms with Gasteiger partial charge in [-0.1, -0.05) is 67.1 Å². The quantitative estimate of drug-likeness (QED) is 0.0332. The van der Waals surface area contributed by atoms with Crippen LogP contribution in [0, 0.1) is 0 Å². The Morgan fingerprint density at radius 1 is 0.652 bits per heavy atom. The van der Waals surface area contributed by atoms with Gasteiger partial charge in [0, 0.05) is 116 Å². The van der Waals surface area contributed by atoms with Crippen LogP contribution in [0.4, 0.5) is 17.1 Å². The zero-order chi connectivity index (χ0) is 46.5. The fraction of sp³-hybridized carbons (Fsp3) is 0.255. The Morgan fingerprint density at radius 3 is 1.76 bits per heavy atom. The molecule has 0 saturated carbocycles. The summed E-state index contributed by atoms with van der Waals surface area (Å²) in [7, 11) is 0. The van der Waals surface area contributed by atoms with Crippen molar-refractivity contribution in [3.63, 3.8) is 0 Å². The molecule has 5 aromatic rings. The Balaban J connectivity index is 0.970. The Bertz CT molecular complexity index is 2860. The maximum Gasteiger partial charge on any atom is 0.253 e. The molecule has 4 N–H and O–H groups in total. The number of aromatic hydroxyl groups is 2. The van der Waals surface area contributed by atoms with Crippen molar-refractivity contribution in [1.29, 1.82) is 0 Å². The number of anilines is 3. The lowest BCUT2D eigenvalue weighted by Crippen LogP contribution is -2.31. The van der Waals surface area contributed by atoms with Crippen molar-refractivity contribution in [2.75, 3.05) is 53.1 Å². The molecule has 0 bridgehead atoms. The summed E-state index contributed by atoms with van der Waals surface area (Å²) in [4.78, 5) is 81.5. The van der Waals surface area contributed by atoms with Gasteiger partial charge in [0.15, 0.2) is 0 Å². The summed E-state index contributed by atoms with van der Waals surface area (Å²) in [6, 6.07) is 23.2. The van der Waals surface area contributed by atoms with Gasteiger partial charge < -0.3 is 30.6 Å². The van der Waals surface area contributed by atoms with Crippen LogP contribution in [0.25, 0.3) is 33.7 Å². The van der Waals surface area contributed by atoms with Crippen LogP contribution in [0.15, 0.2) is 103 Å². The second-order valence-electron chi connectivity index (χ2n) is 16.5. The van der Waals surface area contributed by atoms with Crippen molar-refractivity contribution < 1.29 is 39.0 Å². The second kappa shape index (κ2) is 20.1. The topological polar surface area (TPSA) is 177 Å². The van der Waals surface area contributed by atoms with Crippen molar-refractivity contribution in [3.8, 4) is 11.5 Å². The van der Waals surface area contributed by atoms with E-state index in [1.807, 2.05) is 48.5 Å². The Labute approximate surface area is 390 Å². The van der Waals surface area contributed by atoms with Crippen LogP contribution in [-0.2, 0) is 28.8 Å². The number of nitrogens with zero attached hydrogens (tertiary/aromatic N) is 3. The fourth-order valence-corrected chi connectivity index (χ4v) is 9.47. The van der Waals surface area contributed by atoms with Gasteiger partial charge in [-0.3, -0.25) is 33.7 Å². The fourth-order valence-electron chi connectivity index (χ4n) is 8.96. The van der Waals surface area contributed by atoms with E-state index in [0.29, 0.717) is 77.9 Å². The molecule has 0 aromatic heterocycles. The predicted molar refractivity (Wildman–Crippen MR) is 258 cm³/mol. The lowest BCUT2D eigenvalue weighted by Gasteiger charge is -2.17. The van der Waals surface area contributed by atoms with Gasteiger partial charge in [-0.2, -0.15) is 0 Å². The SMILES string of the molecule is O=C(CCCCCN1C(=O)C=CC1=O)NCCC(=O)Nc1cc(/C=C/C(=O)N2C[C@@H](CCl)c3c2cc(O)c2ccccc32)ccc1/C=C/C(=O)N1C[C@@H](CCl)c2c1cc(O)c1ccccc21.